The van der Waals surface area contributed by atoms with Crippen LogP contribution in [0, 0.1) is 0 Å². The average molecular weight is 298 g/mol. The van der Waals surface area contributed by atoms with E-state index in [0.717, 1.165) is 5.56 Å². The second-order valence-electron chi connectivity index (χ2n) is 5.81. The van der Waals surface area contributed by atoms with Crippen molar-refractivity contribution in [1.82, 2.24) is 9.80 Å². The number of halogens is 3. The zero-order valence-electron chi connectivity index (χ0n) is 11.7. The maximum atomic E-state index is 12.5. The summed E-state index contributed by atoms with van der Waals surface area (Å²) in [6.45, 7) is 1.16. The fraction of sp³-hybridized carbons (Fsp3) is 0.533. The average Bonchev–Trinajstić information content (AvgIpc) is 2.37. The summed E-state index contributed by atoms with van der Waals surface area (Å²) in [5.74, 6) is 0.100. The number of alkyl halides is 3. The molecule has 1 aromatic carbocycles. The number of fused-ring (bicyclic) bond motifs is 2. The van der Waals surface area contributed by atoms with Gasteiger partial charge in [0.15, 0.2) is 0 Å². The summed E-state index contributed by atoms with van der Waals surface area (Å²) < 4.78 is 37.6. The Balaban J connectivity index is 1.78. The third kappa shape index (κ3) is 2.64. The largest absolute Gasteiger partial charge is 0.401 e. The van der Waals surface area contributed by atoms with Crippen LogP contribution in [0.15, 0.2) is 30.3 Å². The maximum Gasteiger partial charge on any atom is 0.401 e. The molecular weight excluding hydrogens is 281 g/mol. The number of hydrogen-bond donors (Lipinski definition) is 0. The van der Waals surface area contributed by atoms with Gasteiger partial charge in [-0.25, -0.2) is 0 Å². The van der Waals surface area contributed by atoms with Crippen molar-refractivity contribution in [3.8, 4) is 0 Å². The Labute approximate surface area is 121 Å². The van der Waals surface area contributed by atoms with Gasteiger partial charge >= 0.3 is 6.18 Å². The SMILES string of the molecule is CC(=O)N1[C@@H]2CN(CC(F)(F)F)C[C@H]1C2c1ccccc1. The molecule has 0 saturated carbocycles. The number of rotatable bonds is 2. The first-order valence-electron chi connectivity index (χ1n) is 7.00. The van der Waals surface area contributed by atoms with Crippen molar-refractivity contribution in [3.63, 3.8) is 0 Å². The van der Waals surface area contributed by atoms with Gasteiger partial charge in [-0.2, -0.15) is 13.2 Å². The fourth-order valence-corrected chi connectivity index (χ4v) is 3.72. The van der Waals surface area contributed by atoms with Gasteiger partial charge in [-0.15, -0.1) is 0 Å². The minimum atomic E-state index is -4.19. The van der Waals surface area contributed by atoms with Crippen LogP contribution < -0.4 is 0 Å². The third-order valence-electron chi connectivity index (χ3n) is 4.39. The molecule has 2 bridgehead atoms. The van der Waals surface area contributed by atoms with E-state index >= 15 is 0 Å². The summed E-state index contributed by atoms with van der Waals surface area (Å²) in [5, 5.41) is 0. The molecule has 0 N–H and O–H groups in total. The standard InChI is InChI=1S/C15H17F3N2O/c1-10(21)20-12-7-19(9-15(16,17)18)8-13(20)14(12)11-5-3-2-4-6-11/h2-6,12-14H,7-9H2,1H3/t12-,13+,14?. The van der Waals surface area contributed by atoms with Gasteiger partial charge in [0.2, 0.25) is 5.91 Å². The highest BCUT2D eigenvalue weighted by Gasteiger charge is 2.55. The molecule has 1 aromatic rings. The lowest BCUT2D eigenvalue weighted by molar-refractivity contribution is -0.178. The number of hydrogen-bond acceptors (Lipinski definition) is 2. The second kappa shape index (κ2) is 5.02. The number of amides is 1. The zero-order chi connectivity index (χ0) is 15.2. The van der Waals surface area contributed by atoms with Crippen molar-refractivity contribution in [2.24, 2.45) is 0 Å². The molecule has 2 saturated heterocycles. The lowest BCUT2D eigenvalue weighted by Gasteiger charge is -2.61. The Hall–Kier alpha value is -1.56. The monoisotopic (exact) mass is 298 g/mol. The van der Waals surface area contributed by atoms with E-state index in [1.54, 1.807) is 4.90 Å². The number of piperidine rings is 1. The van der Waals surface area contributed by atoms with Gasteiger partial charge in [-0.1, -0.05) is 30.3 Å². The van der Waals surface area contributed by atoms with Crippen molar-refractivity contribution in [1.29, 1.82) is 0 Å². The first-order chi connectivity index (χ1) is 9.87. The van der Waals surface area contributed by atoms with Gasteiger partial charge in [0, 0.05) is 25.9 Å². The van der Waals surface area contributed by atoms with Crippen LogP contribution >= 0.6 is 0 Å². The summed E-state index contributed by atoms with van der Waals surface area (Å²) in [4.78, 5) is 14.8. The Bertz CT molecular complexity index is 517. The number of carbonyl (C=O) groups is 1. The van der Waals surface area contributed by atoms with Crippen molar-refractivity contribution in [2.75, 3.05) is 19.6 Å². The first-order valence-corrected chi connectivity index (χ1v) is 7.00. The van der Waals surface area contributed by atoms with Crippen molar-refractivity contribution >= 4 is 5.91 Å². The van der Waals surface area contributed by atoms with Crippen molar-refractivity contribution in [2.45, 2.75) is 31.1 Å². The fourth-order valence-electron chi connectivity index (χ4n) is 3.72. The summed E-state index contributed by atoms with van der Waals surface area (Å²) in [5.41, 5.74) is 1.11. The van der Waals surface area contributed by atoms with Gasteiger partial charge in [-0.3, -0.25) is 9.69 Å². The predicted molar refractivity (Wildman–Crippen MR) is 71.8 cm³/mol. The van der Waals surface area contributed by atoms with E-state index in [0.29, 0.717) is 0 Å². The van der Waals surface area contributed by atoms with Crippen LogP contribution in [0.25, 0.3) is 0 Å². The first kappa shape index (κ1) is 14.4. The Morgan fingerprint density at radius 2 is 1.76 bits per heavy atom. The molecule has 0 radical (unpaired) electrons. The van der Waals surface area contributed by atoms with Gasteiger partial charge in [-0.05, 0) is 5.56 Å². The zero-order valence-corrected chi connectivity index (χ0v) is 11.7. The third-order valence-corrected chi connectivity index (χ3v) is 4.39. The molecule has 3 rings (SSSR count). The van der Waals surface area contributed by atoms with Crippen LogP contribution in [0.5, 0.6) is 0 Å². The molecule has 114 valence electrons. The summed E-state index contributed by atoms with van der Waals surface area (Å²) >= 11 is 0. The minimum absolute atomic E-state index is 0.0520. The molecule has 2 aliphatic heterocycles. The van der Waals surface area contributed by atoms with E-state index < -0.39 is 12.7 Å². The van der Waals surface area contributed by atoms with Gasteiger partial charge < -0.3 is 4.90 Å². The number of benzene rings is 1. The molecule has 0 aliphatic carbocycles. The van der Waals surface area contributed by atoms with Crippen molar-refractivity contribution < 1.29 is 18.0 Å². The Morgan fingerprint density at radius 1 is 1.19 bits per heavy atom. The van der Waals surface area contributed by atoms with Crippen LogP contribution in [0.4, 0.5) is 13.2 Å². The van der Waals surface area contributed by atoms with Crippen LogP contribution in [-0.4, -0.2) is 53.6 Å². The molecule has 0 aromatic heterocycles. The van der Waals surface area contributed by atoms with E-state index in [-0.39, 0.29) is 37.0 Å². The normalized spacial score (nSPS) is 29.1. The molecule has 2 fully saturated rings. The summed E-state index contributed by atoms with van der Waals surface area (Å²) in [6.07, 6.45) is -4.19. The van der Waals surface area contributed by atoms with Gasteiger partial charge in [0.1, 0.15) is 0 Å². The van der Waals surface area contributed by atoms with Crippen LogP contribution in [0.1, 0.15) is 18.4 Å². The second-order valence-corrected chi connectivity index (χ2v) is 5.81. The molecule has 0 spiro atoms. The molecular formula is C15H17F3N2O. The Kier molecular flexibility index (Phi) is 3.43. The number of carbonyl (C=O) groups excluding carboxylic acids is 1. The lowest BCUT2D eigenvalue weighted by Crippen LogP contribution is -2.74. The molecule has 1 amide bonds. The Morgan fingerprint density at radius 3 is 2.24 bits per heavy atom. The summed E-state index contributed by atoms with van der Waals surface area (Å²) in [6, 6.07) is 9.45. The van der Waals surface area contributed by atoms with E-state index in [9.17, 15) is 18.0 Å². The smallest absolute Gasteiger partial charge is 0.333 e. The predicted octanol–water partition coefficient (Wildman–Crippen LogP) is 2.25. The van der Waals surface area contributed by atoms with Crippen LogP contribution in [-0.2, 0) is 4.79 Å². The highest BCUT2D eigenvalue weighted by atomic mass is 19.4. The molecule has 2 aliphatic rings. The molecule has 21 heavy (non-hydrogen) atoms. The molecule has 3 atom stereocenters. The molecule has 6 heteroatoms. The number of piperazine rings is 1. The molecule has 3 nitrogen and oxygen atoms in total. The number of nitrogens with zero attached hydrogens (tertiary/aromatic N) is 2. The van der Waals surface area contributed by atoms with E-state index in [2.05, 4.69) is 0 Å². The molecule has 1 unspecified atom stereocenters. The van der Waals surface area contributed by atoms with E-state index in [1.807, 2.05) is 30.3 Å². The highest BCUT2D eigenvalue weighted by molar-refractivity contribution is 5.76. The van der Waals surface area contributed by atoms with E-state index in [4.69, 9.17) is 0 Å². The lowest BCUT2D eigenvalue weighted by atomic mass is 9.71. The van der Waals surface area contributed by atoms with Crippen molar-refractivity contribution in [3.05, 3.63) is 35.9 Å². The molecule has 2 heterocycles. The van der Waals surface area contributed by atoms with Crippen LogP contribution in [0.2, 0.25) is 0 Å². The van der Waals surface area contributed by atoms with Crippen LogP contribution in [0.3, 0.4) is 0 Å². The summed E-state index contributed by atoms with van der Waals surface area (Å²) in [7, 11) is 0. The van der Waals surface area contributed by atoms with E-state index in [1.165, 1.54) is 11.8 Å². The quantitative estimate of drug-likeness (QED) is 0.836. The number of likely N-dealkylation sites (tertiary alicyclic amines) is 1. The van der Waals surface area contributed by atoms with Gasteiger partial charge in [0.25, 0.3) is 0 Å². The topological polar surface area (TPSA) is 23.6 Å². The minimum Gasteiger partial charge on any atom is -0.333 e. The van der Waals surface area contributed by atoms with Gasteiger partial charge in [0.05, 0.1) is 18.6 Å². The highest BCUT2D eigenvalue weighted by Crippen LogP contribution is 2.45. The maximum absolute atomic E-state index is 12.5.